The first-order valence-corrected chi connectivity index (χ1v) is 12.3. The summed E-state index contributed by atoms with van der Waals surface area (Å²) >= 11 is 0. The number of aryl methyl sites for hydroxylation is 1. The molecule has 154 valence electrons. The van der Waals surface area contributed by atoms with Crippen molar-refractivity contribution in [3.63, 3.8) is 0 Å². The van der Waals surface area contributed by atoms with E-state index in [4.69, 9.17) is 0 Å². The summed E-state index contributed by atoms with van der Waals surface area (Å²) < 4.78 is 54.1. The van der Waals surface area contributed by atoms with Crippen molar-refractivity contribution < 1.29 is 16.8 Å². The maximum absolute atomic E-state index is 12.9. The molecule has 3 rings (SSSR count). The van der Waals surface area contributed by atoms with Crippen LogP contribution in [0.15, 0.2) is 58.3 Å². The van der Waals surface area contributed by atoms with Gasteiger partial charge in [0.2, 0.25) is 20.0 Å². The van der Waals surface area contributed by atoms with Crippen molar-refractivity contribution in [1.29, 1.82) is 5.26 Å². The van der Waals surface area contributed by atoms with Gasteiger partial charge in [-0.25, -0.2) is 16.8 Å². The van der Waals surface area contributed by atoms with Gasteiger partial charge in [0, 0.05) is 26.2 Å². The smallest absolute Gasteiger partial charge is 0.207 e. The second kappa shape index (κ2) is 8.63. The van der Waals surface area contributed by atoms with Crippen LogP contribution in [0.1, 0.15) is 24.5 Å². The Hall–Kier alpha value is -2.25. The Morgan fingerprint density at radius 2 is 1.41 bits per heavy atom. The van der Waals surface area contributed by atoms with Crippen LogP contribution < -0.4 is 0 Å². The molecule has 29 heavy (non-hydrogen) atoms. The lowest BCUT2D eigenvalue weighted by atomic mass is 10.1. The Morgan fingerprint density at radius 3 is 1.97 bits per heavy atom. The second-order valence-electron chi connectivity index (χ2n) is 6.81. The number of hydrogen-bond donors (Lipinski definition) is 0. The molecule has 1 aliphatic heterocycles. The van der Waals surface area contributed by atoms with Gasteiger partial charge < -0.3 is 0 Å². The highest BCUT2D eigenvalue weighted by atomic mass is 32.2. The SMILES string of the molecule is CCCc1ccc(S(=O)(=O)N2CCN(S(=O)(=O)c3ccccc3C#N)CC2)cc1. The number of sulfonamides is 2. The number of piperazine rings is 1. The lowest BCUT2D eigenvalue weighted by Crippen LogP contribution is -2.50. The van der Waals surface area contributed by atoms with Gasteiger partial charge >= 0.3 is 0 Å². The molecule has 0 amide bonds. The normalized spacial score (nSPS) is 16.4. The zero-order valence-corrected chi connectivity index (χ0v) is 17.8. The van der Waals surface area contributed by atoms with E-state index in [1.165, 1.54) is 20.7 Å². The van der Waals surface area contributed by atoms with Gasteiger partial charge in [0.05, 0.1) is 15.4 Å². The van der Waals surface area contributed by atoms with Gasteiger partial charge in [-0.05, 0) is 36.2 Å². The molecule has 1 heterocycles. The van der Waals surface area contributed by atoms with Gasteiger partial charge in [-0.15, -0.1) is 0 Å². The van der Waals surface area contributed by atoms with E-state index in [0.29, 0.717) is 0 Å². The van der Waals surface area contributed by atoms with E-state index in [-0.39, 0.29) is 41.5 Å². The first-order chi connectivity index (χ1) is 13.8. The van der Waals surface area contributed by atoms with Gasteiger partial charge in [-0.3, -0.25) is 0 Å². The number of nitrogens with zero attached hydrogens (tertiary/aromatic N) is 3. The molecule has 0 atom stereocenters. The molecule has 2 aromatic rings. The molecule has 0 aromatic heterocycles. The zero-order chi connectivity index (χ0) is 21.1. The van der Waals surface area contributed by atoms with Gasteiger partial charge in [-0.2, -0.15) is 13.9 Å². The molecule has 0 spiro atoms. The molecule has 1 fully saturated rings. The molecule has 9 heteroatoms. The lowest BCUT2D eigenvalue weighted by Gasteiger charge is -2.33. The molecular weight excluding hydrogens is 410 g/mol. The van der Waals surface area contributed by atoms with E-state index in [1.807, 2.05) is 18.2 Å². The average molecular weight is 434 g/mol. The first kappa shape index (κ1) is 21.5. The molecule has 0 N–H and O–H groups in total. The van der Waals surface area contributed by atoms with Crippen LogP contribution >= 0.6 is 0 Å². The maximum atomic E-state index is 12.9. The Labute approximate surface area is 172 Å². The number of hydrogen-bond acceptors (Lipinski definition) is 5. The highest BCUT2D eigenvalue weighted by molar-refractivity contribution is 7.89. The van der Waals surface area contributed by atoms with E-state index in [9.17, 15) is 22.1 Å². The highest BCUT2D eigenvalue weighted by Gasteiger charge is 2.34. The summed E-state index contributed by atoms with van der Waals surface area (Å²) in [6, 6.07) is 14.8. The Morgan fingerprint density at radius 1 is 0.862 bits per heavy atom. The predicted octanol–water partition coefficient (Wildman–Crippen LogP) is 2.21. The molecule has 7 nitrogen and oxygen atoms in total. The zero-order valence-electron chi connectivity index (χ0n) is 16.2. The van der Waals surface area contributed by atoms with E-state index >= 15 is 0 Å². The molecule has 0 radical (unpaired) electrons. The van der Waals surface area contributed by atoms with Gasteiger partial charge in [0.15, 0.2) is 0 Å². The Bertz CT molecular complexity index is 1110. The topological polar surface area (TPSA) is 98.6 Å². The summed E-state index contributed by atoms with van der Waals surface area (Å²) in [4.78, 5) is 0.161. The van der Waals surface area contributed by atoms with Crippen LogP contribution in [0.2, 0.25) is 0 Å². The van der Waals surface area contributed by atoms with Crippen molar-refractivity contribution in [3.8, 4) is 6.07 Å². The van der Waals surface area contributed by atoms with Crippen molar-refractivity contribution in [2.75, 3.05) is 26.2 Å². The van der Waals surface area contributed by atoms with Crippen LogP contribution in [0.5, 0.6) is 0 Å². The van der Waals surface area contributed by atoms with Crippen molar-refractivity contribution in [2.45, 2.75) is 29.6 Å². The van der Waals surface area contributed by atoms with Crippen LogP contribution in [-0.4, -0.2) is 51.6 Å². The summed E-state index contributed by atoms with van der Waals surface area (Å²) in [6.07, 6.45) is 1.87. The van der Waals surface area contributed by atoms with E-state index in [0.717, 1.165) is 18.4 Å². The lowest BCUT2D eigenvalue weighted by molar-refractivity contribution is 0.273. The van der Waals surface area contributed by atoms with Crippen LogP contribution in [0.25, 0.3) is 0 Å². The fourth-order valence-electron chi connectivity index (χ4n) is 3.34. The fraction of sp³-hybridized carbons (Fsp3) is 0.350. The van der Waals surface area contributed by atoms with Crippen molar-refractivity contribution in [3.05, 3.63) is 59.7 Å². The first-order valence-electron chi connectivity index (χ1n) is 9.39. The average Bonchev–Trinajstić information content (AvgIpc) is 2.74. The Kier molecular flexibility index (Phi) is 6.39. The second-order valence-corrected chi connectivity index (χ2v) is 10.7. The highest BCUT2D eigenvalue weighted by Crippen LogP contribution is 2.24. The summed E-state index contributed by atoms with van der Waals surface area (Å²) in [6.45, 7) is 2.26. The monoisotopic (exact) mass is 433 g/mol. The van der Waals surface area contributed by atoms with Crippen molar-refractivity contribution in [1.82, 2.24) is 8.61 Å². The van der Waals surface area contributed by atoms with Gasteiger partial charge in [0.25, 0.3) is 0 Å². The number of benzene rings is 2. The van der Waals surface area contributed by atoms with Gasteiger partial charge in [-0.1, -0.05) is 37.6 Å². The Balaban J connectivity index is 1.75. The van der Waals surface area contributed by atoms with Crippen molar-refractivity contribution in [2.24, 2.45) is 0 Å². The molecule has 0 bridgehead atoms. The summed E-state index contributed by atoms with van der Waals surface area (Å²) in [5.41, 5.74) is 1.16. The summed E-state index contributed by atoms with van der Waals surface area (Å²) in [5, 5.41) is 9.19. The largest absolute Gasteiger partial charge is 0.244 e. The molecule has 1 aliphatic rings. The minimum atomic E-state index is -3.86. The third-order valence-electron chi connectivity index (χ3n) is 4.92. The van der Waals surface area contributed by atoms with Crippen LogP contribution in [0.3, 0.4) is 0 Å². The minimum absolute atomic E-state index is 0.0369. The third-order valence-corrected chi connectivity index (χ3v) is 8.79. The molecule has 2 aromatic carbocycles. The molecular formula is C20H23N3O4S2. The maximum Gasteiger partial charge on any atom is 0.244 e. The van der Waals surface area contributed by atoms with E-state index in [2.05, 4.69) is 6.92 Å². The predicted molar refractivity (Wildman–Crippen MR) is 109 cm³/mol. The van der Waals surface area contributed by atoms with Crippen LogP contribution in [0, 0.1) is 11.3 Å². The summed E-state index contributed by atoms with van der Waals surface area (Å²) in [5.74, 6) is 0. The standard InChI is InChI=1S/C20H23N3O4S2/c1-2-5-17-8-10-19(11-9-17)28(24,25)22-12-14-23(15-13-22)29(26,27)20-7-4-3-6-18(20)16-21/h3-4,6-11H,2,5,12-15H2,1H3. The van der Waals surface area contributed by atoms with E-state index in [1.54, 1.807) is 24.3 Å². The molecule has 0 saturated carbocycles. The third kappa shape index (κ3) is 4.36. The van der Waals surface area contributed by atoms with Gasteiger partial charge in [0.1, 0.15) is 6.07 Å². The minimum Gasteiger partial charge on any atom is -0.207 e. The van der Waals surface area contributed by atoms with Crippen LogP contribution in [-0.2, 0) is 26.5 Å². The molecule has 0 aliphatic carbocycles. The van der Waals surface area contributed by atoms with Crippen molar-refractivity contribution >= 4 is 20.0 Å². The van der Waals surface area contributed by atoms with Crippen LogP contribution in [0.4, 0.5) is 0 Å². The summed E-state index contributed by atoms with van der Waals surface area (Å²) in [7, 11) is -7.54. The molecule has 1 saturated heterocycles. The van der Waals surface area contributed by atoms with E-state index < -0.39 is 20.0 Å². The fourth-order valence-corrected chi connectivity index (χ4v) is 6.33. The number of rotatable bonds is 6. The molecule has 0 unspecified atom stereocenters. The number of nitriles is 1. The quantitative estimate of drug-likeness (QED) is 0.696.